The van der Waals surface area contributed by atoms with E-state index in [1.165, 1.54) is 0 Å². The smallest absolute Gasteiger partial charge is 0.338 e. The lowest BCUT2D eigenvalue weighted by Crippen LogP contribution is -2.41. The first kappa shape index (κ1) is 23.5. The van der Waals surface area contributed by atoms with Gasteiger partial charge in [-0.05, 0) is 36.4 Å². The minimum absolute atomic E-state index is 0.261. The highest BCUT2D eigenvalue weighted by atomic mass is 35.5. The van der Waals surface area contributed by atoms with E-state index in [2.05, 4.69) is 0 Å². The summed E-state index contributed by atoms with van der Waals surface area (Å²) in [4.78, 5) is 37.8. The number of benzene rings is 3. The quantitative estimate of drug-likeness (QED) is 0.283. The molecule has 0 radical (unpaired) electrons. The van der Waals surface area contributed by atoms with Crippen molar-refractivity contribution in [3.8, 4) is 0 Å². The largest absolute Gasteiger partial charge is 0.459 e. The summed E-state index contributed by atoms with van der Waals surface area (Å²) in [5.74, 6) is -1.88. The van der Waals surface area contributed by atoms with E-state index in [-0.39, 0.29) is 6.61 Å². The molecule has 1 fully saturated rings. The minimum Gasteiger partial charge on any atom is -0.459 e. The molecule has 8 heteroatoms. The van der Waals surface area contributed by atoms with Crippen LogP contribution < -0.4 is 0 Å². The molecular formula is C26H21ClO7. The summed E-state index contributed by atoms with van der Waals surface area (Å²) < 4.78 is 22.3. The van der Waals surface area contributed by atoms with Gasteiger partial charge in [0.25, 0.3) is 0 Å². The Balaban J connectivity index is 1.51. The Labute approximate surface area is 201 Å². The minimum atomic E-state index is -1.12. The van der Waals surface area contributed by atoms with E-state index < -0.39 is 41.8 Å². The van der Waals surface area contributed by atoms with Gasteiger partial charge in [0.2, 0.25) is 0 Å². The van der Waals surface area contributed by atoms with Gasteiger partial charge < -0.3 is 18.9 Å². The third-order valence-corrected chi connectivity index (χ3v) is 5.50. The topological polar surface area (TPSA) is 88.1 Å². The first-order valence-electron chi connectivity index (χ1n) is 10.6. The Morgan fingerprint density at radius 2 is 1.06 bits per heavy atom. The summed E-state index contributed by atoms with van der Waals surface area (Å²) in [5.41, 5.74) is -0.165. The zero-order valence-corrected chi connectivity index (χ0v) is 18.7. The summed E-state index contributed by atoms with van der Waals surface area (Å²) >= 11 is 6.33. The van der Waals surface area contributed by atoms with Crippen LogP contribution in [0.4, 0.5) is 0 Å². The van der Waals surface area contributed by atoms with E-state index in [4.69, 9.17) is 30.5 Å². The van der Waals surface area contributed by atoms with Crippen LogP contribution in [-0.2, 0) is 18.9 Å². The Morgan fingerprint density at radius 3 is 1.53 bits per heavy atom. The molecule has 1 aliphatic heterocycles. The molecule has 0 spiro atoms. The van der Waals surface area contributed by atoms with Gasteiger partial charge in [-0.15, -0.1) is 0 Å². The summed E-state index contributed by atoms with van der Waals surface area (Å²) in [6, 6.07) is 25.1. The number of rotatable bonds is 7. The zero-order valence-electron chi connectivity index (χ0n) is 17.9. The van der Waals surface area contributed by atoms with Crippen molar-refractivity contribution in [2.45, 2.75) is 23.9 Å². The van der Waals surface area contributed by atoms with Crippen LogP contribution in [0.1, 0.15) is 31.1 Å². The van der Waals surface area contributed by atoms with Crippen molar-refractivity contribution in [2.75, 3.05) is 6.61 Å². The highest BCUT2D eigenvalue weighted by Gasteiger charge is 2.49. The number of hydrogen-bond acceptors (Lipinski definition) is 7. The first-order chi connectivity index (χ1) is 16.5. The van der Waals surface area contributed by atoms with Crippen molar-refractivity contribution in [1.82, 2.24) is 0 Å². The van der Waals surface area contributed by atoms with Crippen LogP contribution in [0.2, 0.25) is 0 Å². The van der Waals surface area contributed by atoms with Crippen LogP contribution in [0.15, 0.2) is 91.0 Å². The molecule has 0 saturated carbocycles. The lowest BCUT2D eigenvalue weighted by Gasteiger charge is -2.23. The van der Waals surface area contributed by atoms with Crippen LogP contribution in [0.25, 0.3) is 0 Å². The third kappa shape index (κ3) is 5.62. The number of halogens is 1. The fourth-order valence-corrected chi connectivity index (χ4v) is 3.75. The molecule has 3 aromatic rings. The van der Waals surface area contributed by atoms with Gasteiger partial charge in [-0.3, -0.25) is 0 Å². The fraction of sp³-hybridized carbons (Fsp3) is 0.192. The van der Waals surface area contributed by atoms with Crippen molar-refractivity contribution in [3.63, 3.8) is 0 Å². The standard InChI is InChI=1S/C26H21ClO7/c27-23-22(34-26(30)19-14-8-3-9-15-19)21(33-25(29)18-12-6-2-7-13-18)20(32-23)16-31-24(28)17-10-4-1-5-11-17/h1-15,20-23H,16H2/t20-,21-,22+,23+/m1/s1. The molecule has 0 amide bonds. The highest BCUT2D eigenvalue weighted by molar-refractivity contribution is 6.20. The van der Waals surface area contributed by atoms with E-state index in [0.717, 1.165) is 0 Å². The van der Waals surface area contributed by atoms with Gasteiger partial charge in [-0.2, -0.15) is 0 Å². The van der Waals surface area contributed by atoms with Crippen molar-refractivity contribution in [3.05, 3.63) is 108 Å². The Bertz CT molecular complexity index is 1120. The van der Waals surface area contributed by atoms with Crippen LogP contribution in [0.3, 0.4) is 0 Å². The number of ether oxygens (including phenoxy) is 4. The molecule has 0 unspecified atom stereocenters. The van der Waals surface area contributed by atoms with Crippen molar-refractivity contribution in [1.29, 1.82) is 0 Å². The molecular weight excluding hydrogens is 460 g/mol. The van der Waals surface area contributed by atoms with Crippen molar-refractivity contribution < 1.29 is 33.3 Å². The second-order valence-corrected chi connectivity index (χ2v) is 7.89. The average molecular weight is 481 g/mol. The first-order valence-corrected chi connectivity index (χ1v) is 11.0. The zero-order chi connectivity index (χ0) is 23.9. The predicted molar refractivity (Wildman–Crippen MR) is 123 cm³/mol. The van der Waals surface area contributed by atoms with E-state index >= 15 is 0 Å². The molecule has 0 aromatic heterocycles. The van der Waals surface area contributed by atoms with E-state index in [1.807, 2.05) is 0 Å². The molecule has 34 heavy (non-hydrogen) atoms. The van der Waals surface area contributed by atoms with Crippen molar-refractivity contribution in [2.24, 2.45) is 0 Å². The maximum atomic E-state index is 12.7. The normalized spacial score (nSPS) is 21.4. The van der Waals surface area contributed by atoms with E-state index in [9.17, 15) is 14.4 Å². The number of carbonyl (C=O) groups is 3. The molecule has 174 valence electrons. The van der Waals surface area contributed by atoms with Gasteiger partial charge in [0.05, 0.1) is 16.7 Å². The van der Waals surface area contributed by atoms with E-state index in [0.29, 0.717) is 16.7 Å². The van der Waals surface area contributed by atoms with Crippen LogP contribution in [0, 0.1) is 0 Å². The number of hydrogen-bond donors (Lipinski definition) is 0. The van der Waals surface area contributed by atoms with Gasteiger partial charge in [0.1, 0.15) is 12.7 Å². The molecule has 0 bridgehead atoms. The van der Waals surface area contributed by atoms with Gasteiger partial charge >= 0.3 is 17.9 Å². The van der Waals surface area contributed by atoms with E-state index in [1.54, 1.807) is 91.0 Å². The molecule has 7 nitrogen and oxygen atoms in total. The third-order valence-electron chi connectivity index (χ3n) is 5.15. The summed E-state index contributed by atoms with van der Waals surface area (Å²) in [6.07, 6.45) is -3.18. The van der Waals surface area contributed by atoms with Crippen LogP contribution >= 0.6 is 11.6 Å². The Kier molecular flexibility index (Phi) is 7.57. The SMILES string of the molecule is O=C(OC[C@H]1O[C@H](Cl)[C@@H](OC(=O)c2ccccc2)[C@@H]1OC(=O)c1ccccc1)c1ccccc1. The van der Waals surface area contributed by atoms with Crippen molar-refractivity contribution >= 4 is 29.5 Å². The fourth-order valence-electron chi connectivity index (χ4n) is 3.43. The maximum Gasteiger partial charge on any atom is 0.338 e. The highest BCUT2D eigenvalue weighted by Crippen LogP contribution is 2.31. The molecule has 1 saturated heterocycles. The number of alkyl halides is 1. The van der Waals surface area contributed by atoms with Crippen LogP contribution in [0.5, 0.6) is 0 Å². The molecule has 0 aliphatic carbocycles. The maximum absolute atomic E-state index is 12.7. The van der Waals surface area contributed by atoms with Crippen LogP contribution in [-0.4, -0.2) is 48.4 Å². The second-order valence-electron chi connectivity index (χ2n) is 7.46. The average Bonchev–Trinajstić information content (AvgIpc) is 3.17. The number of carbonyl (C=O) groups excluding carboxylic acids is 3. The predicted octanol–water partition coefficient (Wildman–Crippen LogP) is 4.26. The second kappa shape index (κ2) is 11.0. The Morgan fingerprint density at radius 1 is 0.647 bits per heavy atom. The molecule has 3 aromatic carbocycles. The molecule has 4 atom stereocenters. The Hall–Kier alpha value is -3.68. The molecule has 0 N–H and O–H groups in total. The molecule has 4 rings (SSSR count). The summed E-state index contributed by atoms with van der Waals surface area (Å²) in [6.45, 7) is -0.261. The number of esters is 3. The van der Waals surface area contributed by atoms with Gasteiger partial charge in [0.15, 0.2) is 17.8 Å². The molecule has 1 heterocycles. The monoisotopic (exact) mass is 480 g/mol. The van der Waals surface area contributed by atoms with Gasteiger partial charge in [-0.25, -0.2) is 14.4 Å². The summed E-state index contributed by atoms with van der Waals surface area (Å²) in [5, 5.41) is 0. The lowest BCUT2D eigenvalue weighted by molar-refractivity contribution is -0.0435. The van der Waals surface area contributed by atoms with Gasteiger partial charge in [0, 0.05) is 0 Å². The summed E-state index contributed by atoms with van der Waals surface area (Å²) in [7, 11) is 0. The molecule has 1 aliphatic rings. The lowest BCUT2D eigenvalue weighted by atomic mass is 10.1. The van der Waals surface area contributed by atoms with Gasteiger partial charge in [-0.1, -0.05) is 66.2 Å².